The molecule has 0 aromatic carbocycles. The molecule has 0 aliphatic heterocycles. The maximum atomic E-state index is 10.4. The van der Waals surface area contributed by atoms with E-state index in [1.54, 1.807) is 0 Å². The summed E-state index contributed by atoms with van der Waals surface area (Å²) in [5, 5.41) is 18.3. The van der Waals surface area contributed by atoms with Gasteiger partial charge in [-0.05, 0) is 16.5 Å². The summed E-state index contributed by atoms with van der Waals surface area (Å²) in [5.74, 6) is -2.22. The van der Waals surface area contributed by atoms with Gasteiger partial charge < -0.3 is 15.2 Å². The largest absolute Gasteiger partial charge is 0.475 e. The molecule has 0 aliphatic rings. The smallest absolute Gasteiger partial charge is 0.470 e. The summed E-state index contributed by atoms with van der Waals surface area (Å²) in [6.07, 6.45) is 0. The maximum absolute atomic E-state index is 10.4. The number of carbonyl (C=O) groups is 1. The van der Waals surface area contributed by atoms with Crippen LogP contribution in [0.15, 0.2) is 6.07 Å². The number of halogens is 1. The van der Waals surface area contributed by atoms with Crippen LogP contribution < -0.4 is 0 Å². The Labute approximate surface area is 76.1 Å². The number of nitro groups is 1. The van der Waals surface area contributed by atoms with Crippen molar-refractivity contribution < 1.29 is 14.8 Å². The third kappa shape index (κ3) is 2.09. The van der Waals surface area contributed by atoms with Crippen molar-refractivity contribution >= 4 is 23.5 Å². The van der Waals surface area contributed by atoms with Crippen molar-refractivity contribution in [2.24, 2.45) is 0 Å². The highest BCUT2D eigenvalue weighted by atomic mass is 35.5. The first-order valence-corrected chi connectivity index (χ1v) is 3.31. The Balaban J connectivity index is 3.26. The molecule has 1 aromatic rings. The van der Waals surface area contributed by atoms with E-state index in [0.29, 0.717) is 0 Å². The summed E-state index contributed by atoms with van der Waals surface area (Å²) in [5.41, 5.74) is -0.508. The van der Waals surface area contributed by atoms with Crippen LogP contribution in [0.25, 0.3) is 0 Å². The predicted octanol–water partition coefficient (Wildman–Crippen LogP) is 0.736. The van der Waals surface area contributed by atoms with E-state index in [1.165, 1.54) is 0 Å². The summed E-state index contributed by atoms with van der Waals surface area (Å²) < 4.78 is 0. The van der Waals surface area contributed by atoms with Gasteiger partial charge in [-0.3, -0.25) is 0 Å². The predicted molar refractivity (Wildman–Crippen MR) is 40.7 cm³/mol. The van der Waals surface area contributed by atoms with Crippen LogP contribution in [0.5, 0.6) is 0 Å². The second kappa shape index (κ2) is 3.31. The van der Waals surface area contributed by atoms with Gasteiger partial charge in [0.2, 0.25) is 10.8 Å². The zero-order chi connectivity index (χ0) is 10.0. The van der Waals surface area contributed by atoms with Crippen LogP contribution in [-0.2, 0) is 0 Å². The molecule has 0 saturated carbocycles. The minimum atomic E-state index is -1.40. The average molecular weight is 204 g/mol. The number of carboxylic acids is 1. The zero-order valence-electron chi connectivity index (χ0n) is 5.97. The molecule has 1 heterocycles. The second-order valence-electron chi connectivity index (χ2n) is 1.94. The molecule has 0 radical (unpaired) electrons. The first kappa shape index (κ1) is 9.33. The lowest BCUT2D eigenvalue weighted by Gasteiger charge is -1.92. The molecule has 0 amide bonds. The first-order chi connectivity index (χ1) is 6.00. The fraction of sp³-hybridized carbons (Fsp3) is 0. The van der Waals surface area contributed by atoms with Gasteiger partial charge in [0, 0.05) is 6.07 Å². The van der Waals surface area contributed by atoms with Crippen molar-refractivity contribution in [1.29, 1.82) is 0 Å². The quantitative estimate of drug-likeness (QED) is 0.432. The van der Waals surface area contributed by atoms with Crippen LogP contribution in [-0.4, -0.2) is 26.0 Å². The minimum absolute atomic E-state index is 0.279. The van der Waals surface area contributed by atoms with E-state index in [4.69, 9.17) is 16.7 Å². The van der Waals surface area contributed by atoms with Crippen LogP contribution in [0.2, 0.25) is 5.15 Å². The van der Waals surface area contributed by atoms with Crippen molar-refractivity contribution in [3.8, 4) is 0 Å². The lowest BCUT2D eigenvalue weighted by Crippen LogP contribution is -2.05. The number of rotatable bonds is 2. The van der Waals surface area contributed by atoms with E-state index >= 15 is 0 Å². The molecule has 0 unspecified atom stereocenters. The topological polar surface area (TPSA) is 106 Å². The fourth-order valence-electron chi connectivity index (χ4n) is 0.597. The van der Waals surface area contributed by atoms with Crippen LogP contribution in [0.3, 0.4) is 0 Å². The van der Waals surface area contributed by atoms with E-state index in [0.717, 1.165) is 6.07 Å². The lowest BCUT2D eigenvalue weighted by atomic mass is 10.4. The molecule has 0 aliphatic carbocycles. The highest BCUT2D eigenvalue weighted by Gasteiger charge is 2.18. The number of carboxylic acid groups (broad SMARTS) is 1. The number of hydrogen-bond donors (Lipinski definition) is 1. The summed E-state index contributed by atoms with van der Waals surface area (Å²) in [6.45, 7) is 0. The molecule has 1 rings (SSSR count). The summed E-state index contributed by atoms with van der Waals surface area (Å²) in [4.78, 5) is 25.9. The molecule has 0 saturated heterocycles. The highest BCUT2D eigenvalue weighted by Crippen LogP contribution is 2.11. The van der Waals surface area contributed by atoms with Crippen molar-refractivity contribution in [3.63, 3.8) is 0 Å². The molecule has 8 heteroatoms. The van der Waals surface area contributed by atoms with Gasteiger partial charge in [0.15, 0.2) is 0 Å². The van der Waals surface area contributed by atoms with Gasteiger partial charge in [-0.15, -0.1) is 0 Å². The van der Waals surface area contributed by atoms with E-state index < -0.39 is 22.5 Å². The van der Waals surface area contributed by atoms with Gasteiger partial charge in [0.25, 0.3) is 0 Å². The second-order valence-corrected chi connectivity index (χ2v) is 2.33. The highest BCUT2D eigenvalue weighted by molar-refractivity contribution is 6.29. The lowest BCUT2D eigenvalue weighted by molar-refractivity contribution is -0.394. The Morgan fingerprint density at radius 1 is 1.62 bits per heavy atom. The molecule has 1 N–H and O–H groups in total. The van der Waals surface area contributed by atoms with E-state index in [9.17, 15) is 14.9 Å². The van der Waals surface area contributed by atoms with Crippen LogP contribution >= 0.6 is 11.6 Å². The molecular weight excluding hydrogens is 202 g/mol. The zero-order valence-corrected chi connectivity index (χ0v) is 6.72. The Morgan fingerprint density at radius 3 is 2.69 bits per heavy atom. The Bertz CT molecular complexity index is 348. The standard InChI is InChI=1S/C5H2ClN3O4/c6-3-1-2(4(10)11)7-5(8-3)9(12)13/h1H,(H,10,11). The molecule has 0 fully saturated rings. The van der Waals surface area contributed by atoms with Crippen molar-refractivity contribution in [1.82, 2.24) is 9.97 Å². The van der Waals surface area contributed by atoms with E-state index in [1.807, 2.05) is 0 Å². The Morgan fingerprint density at radius 2 is 2.23 bits per heavy atom. The molecule has 0 atom stereocenters. The third-order valence-electron chi connectivity index (χ3n) is 1.07. The Hall–Kier alpha value is -1.76. The van der Waals surface area contributed by atoms with Gasteiger partial charge in [0.1, 0.15) is 0 Å². The van der Waals surface area contributed by atoms with Crippen molar-refractivity contribution in [2.45, 2.75) is 0 Å². The average Bonchev–Trinajstić information content (AvgIpc) is 2.03. The third-order valence-corrected chi connectivity index (χ3v) is 1.26. The SMILES string of the molecule is O=C(O)c1cc(Cl)nc([N+](=O)[O-])n1. The fourth-order valence-corrected chi connectivity index (χ4v) is 0.776. The van der Waals surface area contributed by atoms with Gasteiger partial charge in [-0.2, -0.15) is 0 Å². The van der Waals surface area contributed by atoms with E-state index in [2.05, 4.69) is 9.97 Å². The van der Waals surface area contributed by atoms with Gasteiger partial charge >= 0.3 is 11.9 Å². The van der Waals surface area contributed by atoms with Crippen molar-refractivity contribution in [2.75, 3.05) is 0 Å². The summed E-state index contributed by atoms with van der Waals surface area (Å²) in [7, 11) is 0. The monoisotopic (exact) mass is 203 g/mol. The Kier molecular flexibility index (Phi) is 2.38. The number of aromatic carboxylic acids is 1. The minimum Gasteiger partial charge on any atom is -0.475 e. The first-order valence-electron chi connectivity index (χ1n) is 2.93. The van der Waals surface area contributed by atoms with Crippen LogP contribution in [0.1, 0.15) is 10.5 Å². The molecule has 7 nitrogen and oxygen atoms in total. The molecule has 0 bridgehead atoms. The maximum Gasteiger partial charge on any atom is 0.470 e. The number of nitrogens with zero attached hydrogens (tertiary/aromatic N) is 3. The van der Waals surface area contributed by atoms with Crippen molar-refractivity contribution in [3.05, 3.63) is 27.0 Å². The normalized spacial score (nSPS) is 9.62. The number of hydrogen-bond acceptors (Lipinski definition) is 5. The molecule has 0 spiro atoms. The number of aromatic nitrogens is 2. The molecule has 1 aromatic heterocycles. The van der Waals surface area contributed by atoms with Gasteiger partial charge in [-0.1, -0.05) is 9.97 Å². The van der Waals surface area contributed by atoms with Gasteiger partial charge in [0.05, 0.1) is 0 Å². The molecule has 68 valence electrons. The van der Waals surface area contributed by atoms with Crippen LogP contribution in [0.4, 0.5) is 5.95 Å². The summed E-state index contributed by atoms with van der Waals surface area (Å²) in [6, 6.07) is 0.927. The molecule has 13 heavy (non-hydrogen) atoms. The van der Waals surface area contributed by atoms with Crippen LogP contribution in [0, 0.1) is 10.1 Å². The van der Waals surface area contributed by atoms with Gasteiger partial charge in [-0.25, -0.2) is 4.79 Å². The van der Waals surface area contributed by atoms with E-state index in [-0.39, 0.29) is 5.15 Å². The molecular formula is C5H2ClN3O4. The summed E-state index contributed by atoms with van der Waals surface area (Å²) >= 11 is 5.32.